The highest BCUT2D eigenvalue weighted by Gasteiger charge is 2.49. The van der Waals surface area contributed by atoms with Crippen LogP contribution < -0.4 is 5.32 Å². The monoisotopic (exact) mass is 399 g/mol. The lowest BCUT2D eigenvalue weighted by molar-refractivity contribution is -0.135. The van der Waals surface area contributed by atoms with Crippen LogP contribution in [0.15, 0.2) is 34.6 Å². The number of aromatic hydroxyl groups is 2. The third-order valence-electron chi connectivity index (χ3n) is 5.89. The minimum atomic E-state index is -1.60. The second-order valence-corrected chi connectivity index (χ2v) is 7.99. The highest BCUT2D eigenvalue weighted by atomic mass is 16.4. The Bertz CT molecular complexity index is 1060. The van der Waals surface area contributed by atoms with E-state index < -0.39 is 34.3 Å². The first-order valence-electron chi connectivity index (χ1n) is 9.15. The van der Waals surface area contributed by atoms with Crippen molar-refractivity contribution in [1.82, 2.24) is 5.32 Å². The van der Waals surface area contributed by atoms with Crippen LogP contribution in [0.2, 0.25) is 0 Å². The van der Waals surface area contributed by atoms with Crippen LogP contribution in [0.1, 0.15) is 51.5 Å². The Morgan fingerprint density at radius 3 is 2.17 bits per heavy atom. The molecule has 2 atom stereocenters. The molecule has 2 aliphatic rings. The number of furan rings is 1. The molecule has 1 aromatic heterocycles. The van der Waals surface area contributed by atoms with E-state index in [2.05, 4.69) is 5.32 Å². The fourth-order valence-corrected chi connectivity index (χ4v) is 3.87. The number of hydrogen-bond acceptors (Lipinski definition) is 8. The molecule has 8 nitrogen and oxygen atoms in total. The summed E-state index contributed by atoms with van der Waals surface area (Å²) < 4.78 is 5.19. The molecule has 152 valence electrons. The number of benzene rings is 1. The van der Waals surface area contributed by atoms with Crippen molar-refractivity contribution in [3.63, 3.8) is 0 Å². The van der Waals surface area contributed by atoms with Crippen LogP contribution in [0.3, 0.4) is 0 Å². The van der Waals surface area contributed by atoms with E-state index in [4.69, 9.17) is 4.42 Å². The summed E-state index contributed by atoms with van der Waals surface area (Å²) in [6.07, 6.45) is 2.17. The van der Waals surface area contributed by atoms with E-state index in [1.807, 2.05) is 0 Å². The van der Waals surface area contributed by atoms with Gasteiger partial charge in [0.25, 0.3) is 0 Å². The van der Waals surface area contributed by atoms with Crippen LogP contribution in [0.25, 0.3) is 0 Å². The molecule has 1 heterocycles. The number of Topliss-reactive ketones (excluding diaryl/α,β-unsaturated/α-hetero) is 1. The fourth-order valence-electron chi connectivity index (χ4n) is 3.87. The average Bonchev–Trinajstić information content (AvgIpc) is 3.15. The lowest BCUT2D eigenvalue weighted by Gasteiger charge is -2.44. The molecule has 2 aromatic rings. The van der Waals surface area contributed by atoms with E-state index in [1.54, 1.807) is 12.1 Å². The van der Waals surface area contributed by atoms with Gasteiger partial charge in [0.05, 0.1) is 40.8 Å². The van der Waals surface area contributed by atoms with Gasteiger partial charge in [-0.2, -0.15) is 0 Å². The van der Waals surface area contributed by atoms with Gasteiger partial charge in [-0.1, -0.05) is 0 Å². The van der Waals surface area contributed by atoms with E-state index >= 15 is 0 Å². The van der Waals surface area contributed by atoms with E-state index in [1.165, 1.54) is 20.1 Å². The Morgan fingerprint density at radius 1 is 1.03 bits per heavy atom. The van der Waals surface area contributed by atoms with Gasteiger partial charge in [-0.15, -0.1) is 0 Å². The van der Waals surface area contributed by atoms with Crippen LogP contribution in [0.4, 0.5) is 0 Å². The van der Waals surface area contributed by atoms with Gasteiger partial charge in [0.2, 0.25) is 5.78 Å². The molecule has 5 N–H and O–H groups in total. The van der Waals surface area contributed by atoms with Crippen molar-refractivity contribution in [1.29, 1.82) is 0 Å². The second-order valence-electron chi connectivity index (χ2n) is 7.99. The smallest absolute Gasteiger partial charge is 0.213 e. The highest BCUT2D eigenvalue weighted by molar-refractivity contribution is 6.26. The number of aliphatic hydroxyl groups is 2. The zero-order valence-electron chi connectivity index (χ0n) is 15.9. The molecule has 0 aliphatic heterocycles. The number of carbonyl (C=O) groups excluding carboxylic acids is 2. The van der Waals surface area contributed by atoms with E-state index in [9.17, 15) is 30.0 Å². The van der Waals surface area contributed by atoms with Crippen molar-refractivity contribution in [2.75, 3.05) is 0 Å². The Balaban J connectivity index is 1.79. The van der Waals surface area contributed by atoms with Crippen LogP contribution >= 0.6 is 0 Å². The summed E-state index contributed by atoms with van der Waals surface area (Å²) in [7, 11) is 0. The first kappa shape index (κ1) is 19.2. The molecule has 0 unspecified atom stereocenters. The van der Waals surface area contributed by atoms with Gasteiger partial charge in [0, 0.05) is 30.0 Å². The summed E-state index contributed by atoms with van der Waals surface area (Å²) >= 11 is 0. The van der Waals surface area contributed by atoms with Gasteiger partial charge >= 0.3 is 0 Å². The largest absolute Gasteiger partial charge is 0.507 e. The number of nitrogens with one attached hydrogen (secondary N) is 1. The number of allylic oxidation sites excluding steroid dienone is 2. The molecular weight excluding hydrogens is 378 g/mol. The third kappa shape index (κ3) is 2.83. The van der Waals surface area contributed by atoms with Crippen molar-refractivity contribution in [2.24, 2.45) is 0 Å². The van der Waals surface area contributed by atoms with Gasteiger partial charge < -0.3 is 30.2 Å². The van der Waals surface area contributed by atoms with Gasteiger partial charge in [-0.3, -0.25) is 9.59 Å². The summed E-state index contributed by atoms with van der Waals surface area (Å²) in [5.74, 6) is -1.67. The number of carbonyl (C=O) groups is 2. The molecule has 4 rings (SSSR count). The Morgan fingerprint density at radius 2 is 1.62 bits per heavy atom. The topological polar surface area (TPSA) is 140 Å². The summed E-state index contributed by atoms with van der Waals surface area (Å²) in [6, 6.07) is 3.38. The highest BCUT2D eigenvalue weighted by Crippen LogP contribution is 2.48. The van der Waals surface area contributed by atoms with Crippen molar-refractivity contribution < 1.29 is 34.4 Å². The molecule has 0 radical (unpaired) electrons. The molecule has 2 aliphatic carbocycles. The Kier molecular flexibility index (Phi) is 4.11. The number of fused-ring (bicyclic) bond motifs is 2. The van der Waals surface area contributed by atoms with Crippen LogP contribution in [-0.2, 0) is 19.4 Å². The standard InChI is InChI=1S/C21H21NO7/c1-20(27)7-11-12(8-21(20,2)28)18(25)16-15(17(11)24)14(23)6-13(19(16)26)22-9-10-4-3-5-29-10/h3-6,22,24-25,27-28H,7-9H2,1-2H3/t20-,21+/m1/s1. The zero-order chi connectivity index (χ0) is 21.1. The van der Waals surface area contributed by atoms with Crippen molar-refractivity contribution in [2.45, 2.75) is 44.4 Å². The second kappa shape index (κ2) is 6.20. The van der Waals surface area contributed by atoms with Crippen LogP contribution in [-0.4, -0.2) is 43.2 Å². The summed E-state index contributed by atoms with van der Waals surface area (Å²) in [4.78, 5) is 25.6. The average molecular weight is 399 g/mol. The zero-order valence-corrected chi connectivity index (χ0v) is 15.9. The summed E-state index contributed by atoms with van der Waals surface area (Å²) in [5, 5.41) is 45.5. The van der Waals surface area contributed by atoms with Crippen LogP contribution in [0.5, 0.6) is 11.5 Å². The maximum absolute atomic E-state index is 13.0. The van der Waals surface area contributed by atoms with Crippen molar-refractivity contribution in [3.05, 3.63) is 58.2 Å². The molecule has 1 aromatic carbocycles. The molecule has 29 heavy (non-hydrogen) atoms. The maximum atomic E-state index is 13.0. The molecule has 0 fully saturated rings. The molecule has 0 saturated carbocycles. The number of ketones is 2. The van der Waals surface area contributed by atoms with E-state index in [0.717, 1.165) is 6.08 Å². The normalized spacial score (nSPS) is 26.0. The van der Waals surface area contributed by atoms with E-state index in [0.29, 0.717) is 5.76 Å². The number of rotatable bonds is 3. The van der Waals surface area contributed by atoms with E-state index in [-0.39, 0.29) is 47.3 Å². The molecule has 0 amide bonds. The SMILES string of the molecule is C[C@]1(O)Cc2c(O)c3c(c(O)c2C[C@@]1(C)O)C(=O)C=C(NCc1ccco1)C3=O. The van der Waals surface area contributed by atoms with Gasteiger partial charge in [-0.25, -0.2) is 0 Å². The van der Waals surface area contributed by atoms with Crippen LogP contribution in [0, 0.1) is 0 Å². The third-order valence-corrected chi connectivity index (χ3v) is 5.89. The molecule has 0 bridgehead atoms. The first-order valence-corrected chi connectivity index (χ1v) is 9.15. The molecule has 8 heteroatoms. The molecule has 0 saturated heterocycles. The number of phenols is 2. The quantitative estimate of drug-likeness (QED) is 0.487. The lowest BCUT2D eigenvalue weighted by Crippen LogP contribution is -2.55. The minimum absolute atomic E-state index is 0.0388. The predicted molar refractivity (Wildman–Crippen MR) is 101 cm³/mol. The summed E-state index contributed by atoms with van der Waals surface area (Å²) in [5.41, 5.74) is -3.55. The molecular formula is C21H21NO7. The Labute approximate surface area is 166 Å². The fraction of sp³-hybridized carbons (Fsp3) is 0.333. The number of hydrogen-bond donors (Lipinski definition) is 5. The van der Waals surface area contributed by atoms with Crippen molar-refractivity contribution >= 4 is 11.6 Å². The Hall–Kier alpha value is -3.10. The molecule has 0 spiro atoms. The van der Waals surface area contributed by atoms with Gasteiger partial charge in [-0.05, 0) is 26.0 Å². The lowest BCUT2D eigenvalue weighted by atomic mass is 9.69. The number of phenolic OH excluding ortho intramolecular Hbond substituents is 2. The minimum Gasteiger partial charge on any atom is -0.507 e. The predicted octanol–water partition coefficient (Wildman–Crippen LogP) is 1.34. The van der Waals surface area contributed by atoms with Gasteiger partial charge in [0.1, 0.15) is 17.3 Å². The van der Waals surface area contributed by atoms with Gasteiger partial charge in [0.15, 0.2) is 5.78 Å². The first-order chi connectivity index (χ1) is 13.5. The van der Waals surface area contributed by atoms with Crippen molar-refractivity contribution in [3.8, 4) is 11.5 Å². The maximum Gasteiger partial charge on any atom is 0.213 e. The summed E-state index contributed by atoms with van der Waals surface area (Å²) in [6.45, 7) is 2.98.